The van der Waals surface area contributed by atoms with Crippen LogP contribution in [0.5, 0.6) is 0 Å². The van der Waals surface area contributed by atoms with Crippen molar-refractivity contribution in [3.63, 3.8) is 0 Å². The quantitative estimate of drug-likeness (QED) is 0.120. The first-order chi connectivity index (χ1) is 18.5. The molecule has 0 aliphatic heterocycles. The van der Waals surface area contributed by atoms with Crippen LogP contribution in [0.4, 0.5) is 0 Å². The molecular weight excluding hydrogens is 468 g/mol. The number of unbranched alkanes of at least 4 members (excludes halogenated alkanes) is 2. The molecule has 0 fully saturated rings. The van der Waals surface area contributed by atoms with Crippen molar-refractivity contribution >= 4 is 16.7 Å². The minimum absolute atomic E-state index is 0.0407. The van der Waals surface area contributed by atoms with E-state index in [-0.39, 0.29) is 19.1 Å². The molecule has 0 aromatic heterocycles. The molecule has 3 heteroatoms. The van der Waals surface area contributed by atoms with Crippen molar-refractivity contribution in [3.8, 4) is 22.3 Å². The molecule has 0 heterocycles. The number of hydrogen-bond donors (Lipinski definition) is 1. The molecule has 38 heavy (non-hydrogen) atoms. The van der Waals surface area contributed by atoms with E-state index in [0.29, 0.717) is 12.0 Å². The molecule has 196 valence electrons. The molecule has 0 spiro atoms. The third-order valence-electron chi connectivity index (χ3n) is 7.06. The molecule has 0 saturated heterocycles. The van der Waals surface area contributed by atoms with Crippen molar-refractivity contribution in [2.45, 2.75) is 46.0 Å². The van der Waals surface area contributed by atoms with Crippen LogP contribution in [0.1, 0.15) is 44.2 Å². The second kappa shape index (κ2) is 13.2. The van der Waals surface area contributed by atoms with Gasteiger partial charge in [0.1, 0.15) is 0 Å². The normalized spacial score (nSPS) is 11.9. The maximum Gasteiger partial charge on any atom is 0.333 e. The van der Waals surface area contributed by atoms with Crippen LogP contribution in [0.3, 0.4) is 0 Å². The summed E-state index contributed by atoms with van der Waals surface area (Å²) in [6.45, 7) is 7.60. The second-order valence-corrected chi connectivity index (χ2v) is 10.3. The summed E-state index contributed by atoms with van der Waals surface area (Å²) in [6, 6.07) is 30.7. The Labute approximate surface area is 226 Å². The van der Waals surface area contributed by atoms with Gasteiger partial charge in [-0.1, -0.05) is 99.1 Å². The molecule has 0 bridgehead atoms. The highest BCUT2D eigenvalue weighted by molar-refractivity contribution is 5.91. The molecule has 0 saturated carbocycles. The molecule has 3 nitrogen and oxygen atoms in total. The van der Waals surface area contributed by atoms with Gasteiger partial charge in [0.2, 0.25) is 0 Å². The molecule has 4 aromatic carbocycles. The Morgan fingerprint density at radius 2 is 1.32 bits per heavy atom. The highest BCUT2D eigenvalue weighted by Crippen LogP contribution is 2.29. The summed E-state index contributed by atoms with van der Waals surface area (Å²) in [5.41, 5.74) is 7.68. The van der Waals surface area contributed by atoms with Crippen molar-refractivity contribution in [2.75, 3.05) is 13.2 Å². The molecule has 1 atom stereocenters. The minimum Gasteiger partial charge on any atom is -0.462 e. The fourth-order valence-electron chi connectivity index (χ4n) is 4.71. The van der Waals surface area contributed by atoms with E-state index in [1.165, 1.54) is 52.3 Å². The van der Waals surface area contributed by atoms with E-state index in [0.717, 1.165) is 17.5 Å². The van der Waals surface area contributed by atoms with E-state index in [2.05, 4.69) is 98.4 Å². The van der Waals surface area contributed by atoms with E-state index >= 15 is 0 Å². The standard InChI is InChI=1S/C35H38O3/c1-4-5-6-7-26-8-12-29(13-9-26)31-16-18-34-22-32(17-19-33(34)21-31)30-14-10-27(11-15-30)20-28(23-36)24-38-35(37)25(2)3/h8-19,21-22,28,36H,2,4-7,20,23-24H2,1,3H3. The van der Waals surface area contributed by atoms with Crippen molar-refractivity contribution in [1.29, 1.82) is 0 Å². The van der Waals surface area contributed by atoms with Gasteiger partial charge in [-0.3, -0.25) is 0 Å². The topological polar surface area (TPSA) is 46.5 Å². The van der Waals surface area contributed by atoms with E-state index in [4.69, 9.17) is 4.74 Å². The number of aryl methyl sites for hydroxylation is 1. The monoisotopic (exact) mass is 506 g/mol. The predicted molar refractivity (Wildman–Crippen MR) is 158 cm³/mol. The van der Waals surface area contributed by atoms with Crippen molar-refractivity contribution in [2.24, 2.45) is 5.92 Å². The van der Waals surface area contributed by atoms with Gasteiger partial charge in [-0.25, -0.2) is 4.79 Å². The van der Waals surface area contributed by atoms with Crippen molar-refractivity contribution in [1.82, 2.24) is 0 Å². The maximum absolute atomic E-state index is 11.7. The van der Waals surface area contributed by atoms with Crippen LogP contribution in [-0.2, 0) is 22.4 Å². The lowest BCUT2D eigenvalue weighted by Gasteiger charge is -2.15. The van der Waals surface area contributed by atoms with Gasteiger partial charge < -0.3 is 9.84 Å². The highest BCUT2D eigenvalue weighted by atomic mass is 16.5. The Morgan fingerprint density at radius 1 is 0.789 bits per heavy atom. The molecular formula is C35H38O3. The smallest absolute Gasteiger partial charge is 0.333 e. The first-order valence-corrected chi connectivity index (χ1v) is 13.6. The fraction of sp³-hybridized carbons (Fsp3) is 0.286. The SMILES string of the molecule is C=C(C)C(=O)OCC(CO)Cc1ccc(-c2ccc3cc(-c4ccc(CCCCC)cc4)ccc3c2)cc1. The van der Waals surface area contributed by atoms with Gasteiger partial charge in [0.25, 0.3) is 0 Å². The Bertz CT molecular complexity index is 1370. The van der Waals surface area contributed by atoms with Gasteiger partial charge in [-0.15, -0.1) is 0 Å². The molecule has 0 amide bonds. The van der Waals surface area contributed by atoms with Gasteiger partial charge in [0, 0.05) is 18.1 Å². The number of esters is 1. The first kappa shape index (κ1) is 27.3. The zero-order chi connectivity index (χ0) is 26.9. The maximum atomic E-state index is 11.7. The lowest BCUT2D eigenvalue weighted by Crippen LogP contribution is -2.19. The van der Waals surface area contributed by atoms with Crippen LogP contribution >= 0.6 is 0 Å². The lowest BCUT2D eigenvalue weighted by molar-refractivity contribution is -0.140. The fourth-order valence-corrected chi connectivity index (χ4v) is 4.71. The van der Waals surface area contributed by atoms with E-state index in [1.807, 2.05) is 0 Å². The van der Waals surface area contributed by atoms with Crippen LogP contribution in [0.2, 0.25) is 0 Å². The Balaban J connectivity index is 1.42. The summed E-state index contributed by atoms with van der Waals surface area (Å²) in [4.78, 5) is 11.7. The Morgan fingerprint density at radius 3 is 1.82 bits per heavy atom. The van der Waals surface area contributed by atoms with Gasteiger partial charge in [-0.2, -0.15) is 0 Å². The average molecular weight is 507 g/mol. The third kappa shape index (κ3) is 7.20. The van der Waals surface area contributed by atoms with Crippen LogP contribution in [0.25, 0.3) is 33.0 Å². The largest absolute Gasteiger partial charge is 0.462 e. The lowest BCUT2D eigenvalue weighted by atomic mass is 9.95. The number of aliphatic hydroxyl groups excluding tert-OH is 1. The summed E-state index contributed by atoms with van der Waals surface area (Å²) < 4.78 is 5.22. The van der Waals surface area contributed by atoms with E-state index < -0.39 is 5.97 Å². The number of fused-ring (bicyclic) bond motifs is 1. The third-order valence-corrected chi connectivity index (χ3v) is 7.06. The molecule has 0 aliphatic carbocycles. The zero-order valence-corrected chi connectivity index (χ0v) is 22.6. The summed E-state index contributed by atoms with van der Waals surface area (Å²) in [5, 5.41) is 12.1. The van der Waals surface area contributed by atoms with Gasteiger partial charge in [0.05, 0.1) is 6.61 Å². The van der Waals surface area contributed by atoms with Crippen LogP contribution in [0, 0.1) is 5.92 Å². The first-order valence-electron chi connectivity index (χ1n) is 13.6. The van der Waals surface area contributed by atoms with E-state index in [9.17, 15) is 9.90 Å². The van der Waals surface area contributed by atoms with Crippen LogP contribution in [0.15, 0.2) is 97.1 Å². The molecule has 4 aromatic rings. The number of carbonyl (C=O) groups excluding carboxylic acids is 1. The molecule has 1 N–H and O–H groups in total. The van der Waals surface area contributed by atoms with Crippen molar-refractivity contribution < 1.29 is 14.6 Å². The highest BCUT2D eigenvalue weighted by Gasteiger charge is 2.13. The van der Waals surface area contributed by atoms with E-state index in [1.54, 1.807) is 6.92 Å². The Hall–Kier alpha value is -3.69. The average Bonchev–Trinajstić information content (AvgIpc) is 2.95. The number of carbonyl (C=O) groups is 1. The number of ether oxygens (including phenoxy) is 1. The second-order valence-electron chi connectivity index (χ2n) is 10.3. The summed E-state index contributed by atoms with van der Waals surface area (Å²) in [7, 11) is 0. The molecule has 0 aliphatic rings. The Kier molecular flexibility index (Phi) is 9.51. The zero-order valence-electron chi connectivity index (χ0n) is 22.6. The number of benzene rings is 4. The van der Waals surface area contributed by atoms with Gasteiger partial charge in [0.15, 0.2) is 0 Å². The van der Waals surface area contributed by atoms with Crippen LogP contribution < -0.4 is 0 Å². The molecule has 4 rings (SSSR count). The number of aliphatic hydroxyl groups is 1. The minimum atomic E-state index is -0.419. The predicted octanol–water partition coefficient (Wildman–Crippen LogP) is 8.18. The summed E-state index contributed by atoms with van der Waals surface area (Å²) in [6.07, 6.45) is 5.59. The number of hydrogen-bond acceptors (Lipinski definition) is 3. The summed E-state index contributed by atoms with van der Waals surface area (Å²) in [5.74, 6) is -0.561. The molecule has 1 unspecified atom stereocenters. The number of rotatable bonds is 12. The van der Waals surface area contributed by atoms with Crippen molar-refractivity contribution in [3.05, 3.63) is 108 Å². The van der Waals surface area contributed by atoms with Crippen LogP contribution in [-0.4, -0.2) is 24.3 Å². The molecule has 0 radical (unpaired) electrons. The summed E-state index contributed by atoms with van der Waals surface area (Å²) >= 11 is 0. The van der Waals surface area contributed by atoms with Gasteiger partial charge in [-0.05, 0) is 82.5 Å². The van der Waals surface area contributed by atoms with Gasteiger partial charge >= 0.3 is 5.97 Å².